The molecule has 0 amide bonds. The Morgan fingerprint density at radius 2 is 1.39 bits per heavy atom. The summed E-state index contributed by atoms with van der Waals surface area (Å²) in [6.45, 7) is 1.43. The number of methoxy groups -OCH3 is 4. The van der Waals surface area contributed by atoms with Crippen molar-refractivity contribution >= 4 is 0 Å². The van der Waals surface area contributed by atoms with Gasteiger partial charge in [-0.2, -0.15) is 0 Å². The molecule has 0 spiro atoms. The minimum Gasteiger partial charge on any atom is -0.497 e. The zero-order valence-electron chi connectivity index (χ0n) is 14.0. The Kier molecular flexibility index (Phi) is 6.11. The van der Waals surface area contributed by atoms with Crippen molar-refractivity contribution in [2.24, 2.45) is 0 Å². The Hall–Kier alpha value is -2.40. The molecule has 0 saturated carbocycles. The Morgan fingerprint density at radius 3 is 1.96 bits per heavy atom. The van der Waals surface area contributed by atoms with E-state index < -0.39 is 0 Å². The van der Waals surface area contributed by atoms with Crippen molar-refractivity contribution in [3.8, 4) is 23.0 Å². The van der Waals surface area contributed by atoms with E-state index in [4.69, 9.17) is 18.9 Å². The van der Waals surface area contributed by atoms with Gasteiger partial charge in [0.15, 0.2) is 11.5 Å². The largest absolute Gasteiger partial charge is 0.497 e. The fourth-order valence-electron chi connectivity index (χ4n) is 2.37. The first-order valence-corrected chi connectivity index (χ1v) is 7.34. The monoisotopic (exact) mass is 317 g/mol. The molecule has 0 aromatic heterocycles. The van der Waals surface area contributed by atoms with E-state index >= 15 is 0 Å². The van der Waals surface area contributed by atoms with Gasteiger partial charge in [0.1, 0.15) is 5.75 Å². The molecule has 0 aliphatic rings. The fraction of sp³-hybridized carbons (Fsp3) is 0.333. The Balaban J connectivity index is 2.05. The molecule has 5 heteroatoms. The highest BCUT2D eigenvalue weighted by molar-refractivity contribution is 5.53. The smallest absolute Gasteiger partial charge is 0.203 e. The van der Waals surface area contributed by atoms with E-state index in [-0.39, 0.29) is 0 Å². The molecule has 0 aliphatic heterocycles. The Morgan fingerprint density at radius 1 is 0.739 bits per heavy atom. The summed E-state index contributed by atoms with van der Waals surface area (Å²) in [6, 6.07) is 11.9. The summed E-state index contributed by atoms with van der Waals surface area (Å²) in [7, 11) is 6.50. The SMILES string of the molecule is COc1cccc(CNCc2cc(OC)c(OC)c(OC)c2)c1. The van der Waals surface area contributed by atoms with Crippen LogP contribution in [-0.2, 0) is 13.1 Å². The average molecular weight is 317 g/mol. The van der Waals surface area contributed by atoms with Gasteiger partial charge in [-0.15, -0.1) is 0 Å². The summed E-state index contributed by atoms with van der Waals surface area (Å²) < 4.78 is 21.3. The van der Waals surface area contributed by atoms with Gasteiger partial charge in [-0.3, -0.25) is 0 Å². The topological polar surface area (TPSA) is 49.0 Å². The zero-order valence-corrected chi connectivity index (χ0v) is 14.0. The Labute approximate surface area is 137 Å². The molecule has 0 aliphatic carbocycles. The van der Waals surface area contributed by atoms with E-state index in [1.54, 1.807) is 28.4 Å². The maximum atomic E-state index is 5.36. The van der Waals surface area contributed by atoms with Crippen LogP contribution in [0, 0.1) is 0 Å². The maximum Gasteiger partial charge on any atom is 0.203 e. The van der Waals surface area contributed by atoms with Crippen molar-refractivity contribution in [2.45, 2.75) is 13.1 Å². The molecule has 0 atom stereocenters. The third-order valence-corrected chi connectivity index (χ3v) is 3.52. The molecule has 0 fully saturated rings. The van der Waals surface area contributed by atoms with Crippen LogP contribution >= 0.6 is 0 Å². The third kappa shape index (κ3) is 4.29. The molecule has 2 aromatic rings. The van der Waals surface area contributed by atoms with Gasteiger partial charge >= 0.3 is 0 Å². The average Bonchev–Trinajstić information content (AvgIpc) is 2.60. The number of benzene rings is 2. The molecule has 0 bridgehead atoms. The van der Waals surface area contributed by atoms with E-state index in [2.05, 4.69) is 11.4 Å². The first-order valence-electron chi connectivity index (χ1n) is 7.34. The van der Waals surface area contributed by atoms with E-state index in [1.807, 2.05) is 30.3 Å². The predicted molar refractivity (Wildman–Crippen MR) is 89.6 cm³/mol. The van der Waals surface area contributed by atoms with Crippen LogP contribution in [0.4, 0.5) is 0 Å². The number of hydrogen-bond acceptors (Lipinski definition) is 5. The highest BCUT2D eigenvalue weighted by atomic mass is 16.5. The van der Waals surface area contributed by atoms with Crippen LogP contribution in [0.5, 0.6) is 23.0 Å². The molecule has 2 aromatic carbocycles. The maximum absolute atomic E-state index is 5.36. The summed E-state index contributed by atoms with van der Waals surface area (Å²) in [4.78, 5) is 0. The molecule has 5 nitrogen and oxygen atoms in total. The van der Waals surface area contributed by atoms with Crippen molar-refractivity contribution in [1.82, 2.24) is 5.32 Å². The summed E-state index contributed by atoms with van der Waals surface area (Å²) in [5.74, 6) is 2.78. The van der Waals surface area contributed by atoms with Crippen LogP contribution in [0.3, 0.4) is 0 Å². The summed E-state index contributed by atoms with van der Waals surface area (Å²) >= 11 is 0. The molecular weight excluding hydrogens is 294 g/mol. The molecule has 124 valence electrons. The molecule has 0 heterocycles. The molecular formula is C18H23NO4. The van der Waals surface area contributed by atoms with Crippen LogP contribution < -0.4 is 24.3 Å². The first kappa shape index (κ1) is 17.0. The molecule has 1 N–H and O–H groups in total. The Bertz CT molecular complexity index is 618. The molecule has 0 saturated heterocycles. The van der Waals surface area contributed by atoms with Crippen molar-refractivity contribution in [2.75, 3.05) is 28.4 Å². The summed E-state index contributed by atoms with van der Waals surface area (Å²) in [6.07, 6.45) is 0. The van der Waals surface area contributed by atoms with Crippen molar-refractivity contribution in [3.63, 3.8) is 0 Å². The van der Waals surface area contributed by atoms with Gasteiger partial charge in [0.25, 0.3) is 0 Å². The lowest BCUT2D eigenvalue weighted by Gasteiger charge is -2.14. The van der Waals surface area contributed by atoms with Crippen molar-refractivity contribution in [3.05, 3.63) is 47.5 Å². The summed E-state index contributed by atoms with van der Waals surface area (Å²) in [5, 5.41) is 3.40. The number of rotatable bonds is 8. The normalized spacial score (nSPS) is 10.3. The molecule has 23 heavy (non-hydrogen) atoms. The second-order valence-corrected chi connectivity index (χ2v) is 4.99. The number of ether oxygens (including phenoxy) is 4. The second-order valence-electron chi connectivity index (χ2n) is 4.99. The van der Waals surface area contributed by atoms with Crippen LogP contribution in [0.1, 0.15) is 11.1 Å². The van der Waals surface area contributed by atoms with E-state index in [0.29, 0.717) is 23.8 Å². The standard InChI is InChI=1S/C18H23NO4/c1-20-15-7-5-6-13(8-15)11-19-12-14-9-16(21-2)18(23-4)17(10-14)22-3/h5-10,19H,11-12H2,1-4H3. The van der Waals surface area contributed by atoms with Gasteiger partial charge in [0.2, 0.25) is 5.75 Å². The fourth-order valence-corrected chi connectivity index (χ4v) is 2.37. The lowest BCUT2D eigenvalue weighted by atomic mass is 10.1. The lowest BCUT2D eigenvalue weighted by molar-refractivity contribution is 0.323. The van der Waals surface area contributed by atoms with E-state index in [0.717, 1.165) is 23.4 Å². The van der Waals surface area contributed by atoms with Gasteiger partial charge in [0.05, 0.1) is 28.4 Å². The third-order valence-electron chi connectivity index (χ3n) is 3.52. The highest BCUT2D eigenvalue weighted by Crippen LogP contribution is 2.38. The molecule has 0 unspecified atom stereocenters. The second kappa shape index (κ2) is 8.29. The van der Waals surface area contributed by atoms with Gasteiger partial charge < -0.3 is 24.3 Å². The van der Waals surface area contributed by atoms with E-state index in [1.165, 1.54) is 0 Å². The van der Waals surface area contributed by atoms with Crippen LogP contribution in [0.15, 0.2) is 36.4 Å². The summed E-state index contributed by atoms with van der Waals surface area (Å²) in [5.41, 5.74) is 2.22. The van der Waals surface area contributed by atoms with Crippen LogP contribution in [-0.4, -0.2) is 28.4 Å². The lowest BCUT2D eigenvalue weighted by Crippen LogP contribution is -2.13. The minimum atomic E-state index is 0.603. The van der Waals surface area contributed by atoms with Crippen molar-refractivity contribution in [1.29, 1.82) is 0 Å². The molecule has 2 rings (SSSR count). The predicted octanol–water partition coefficient (Wildman–Crippen LogP) is 3.01. The van der Waals surface area contributed by atoms with Crippen LogP contribution in [0.25, 0.3) is 0 Å². The molecule has 0 radical (unpaired) electrons. The number of hydrogen-bond donors (Lipinski definition) is 1. The quantitative estimate of drug-likeness (QED) is 0.811. The highest BCUT2D eigenvalue weighted by Gasteiger charge is 2.12. The van der Waals surface area contributed by atoms with E-state index in [9.17, 15) is 0 Å². The minimum absolute atomic E-state index is 0.603. The zero-order chi connectivity index (χ0) is 16.7. The first-order chi connectivity index (χ1) is 11.2. The van der Waals surface area contributed by atoms with Gasteiger partial charge in [-0.25, -0.2) is 0 Å². The number of nitrogens with one attached hydrogen (secondary N) is 1. The van der Waals surface area contributed by atoms with Crippen molar-refractivity contribution < 1.29 is 18.9 Å². The van der Waals surface area contributed by atoms with Crippen LogP contribution in [0.2, 0.25) is 0 Å². The van der Waals surface area contributed by atoms with Gasteiger partial charge in [-0.1, -0.05) is 12.1 Å². The van der Waals surface area contributed by atoms with Gasteiger partial charge in [-0.05, 0) is 35.4 Å². The van der Waals surface area contributed by atoms with Gasteiger partial charge in [0, 0.05) is 13.1 Å².